The summed E-state index contributed by atoms with van der Waals surface area (Å²) in [5.41, 5.74) is 0.125. The van der Waals surface area contributed by atoms with Crippen LogP contribution < -0.4 is 0 Å². The molecule has 1 atom stereocenters. The lowest BCUT2D eigenvalue weighted by atomic mass is 10.0. The average Bonchev–Trinajstić information content (AvgIpc) is 1.99. The van der Waals surface area contributed by atoms with E-state index in [0.717, 1.165) is 6.54 Å². The van der Waals surface area contributed by atoms with Crippen LogP contribution >= 0.6 is 0 Å². The largest absolute Gasteiger partial charge is 0.304 e. The van der Waals surface area contributed by atoms with Gasteiger partial charge in [-0.3, -0.25) is 4.90 Å². The molecule has 2 heteroatoms. The Morgan fingerprint density at radius 2 is 2.00 bits per heavy atom. The fourth-order valence-electron chi connectivity index (χ4n) is 1.95. The molecule has 0 N–H and O–H groups in total. The Kier molecular flexibility index (Phi) is 1.78. The van der Waals surface area contributed by atoms with Gasteiger partial charge in [0.1, 0.15) is 0 Å². The summed E-state index contributed by atoms with van der Waals surface area (Å²) in [6.07, 6.45) is 0. The van der Waals surface area contributed by atoms with Gasteiger partial charge in [-0.15, -0.1) is 0 Å². The molecule has 2 nitrogen and oxygen atoms in total. The van der Waals surface area contributed by atoms with Crippen molar-refractivity contribution in [1.82, 2.24) is 9.80 Å². The Labute approximate surface area is 80.8 Å². The highest BCUT2D eigenvalue weighted by Gasteiger charge is 2.29. The maximum absolute atomic E-state index is 7.38. The molecule has 0 radical (unpaired) electrons. The first-order chi connectivity index (χ1) is 6.62. The van der Waals surface area contributed by atoms with E-state index >= 15 is 0 Å². The van der Waals surface area contributed by atoms with Crippen molar-refractivity contribution in [1.29, 1.82) is 0 Å². The summed E-state index contributed by atoms with van der Waals surface area (Å²) in [4.78, 5) is 3.97. The van der Waals surface area contributed by atoms with E-state index in [9.17, 15) is 0 Å². The van der Waals surface area contributed by atoms with Gasteiger partial charge >= 0.3 is 0 Å². The predicted octanol–water partition coefficient (Wildman–Crippen LogP) is 1.42. The van der Waals surface area contributed by atoms with E-state index in [1.165, 1.54) is 0 Å². The van der Waals surface area contributed by atoms with Gasteiger partial charge in [-0.2, -0.15) is 0 Å². The maximum atomic E-state index is 7.38. The minimum Gasteiger partial charge on any atom is -0.304 e. The number of rotatable bonds is 0. The molecule has 0 aliphatic carbocycles. The van der Waals surface area contributed by atoms with Crippen LogP contribution in [0, 0.1) is 0 Å². The maximum Gasteiger partial charge on any atom is 0.0394 e. The van der Waals surface area contributed by atoms with Crippen LogP contribution in [0.3, 0.4) is 0 Å². The van der Waals surface area contributed by atoms with E-state index in [2.05, 4.69) is 32.6 Å². The fourth-order valence-corrected chi connectivity index (χ4v) is 1.95. The fraction of sp³-hybridized carbons (Fsp3) is 1.00. The summed E-state index contributed by atoms with van der Waals surface area (Å²) in [7, 11) is 0. The summed E-state index contributed by atoms with van der Waals surface area (Å²) in [6.45, 7) is 8.80. The Bertz CT molecular complexity index is 220. The van der Waals surface area contributed by atoms with Gasteiger partial charge < -0.3 is 4.90 Å². The normalized spacial score (nSPS) is 34.0. The molecule has 1 heterocycles. The monoisotopic (exact) mass is 173 g/mol. The lowest BCUT2D eigenvalue weighted by molar-refractivity contribution is 0.0275. The molecule has 1 aliphatic heterocycles. The minimum atomic E-state index is -1.93. The molecule has 0 unspecified atom stereocenters. The van der Waals surface area contributed by atoms with Gasteiger partial charge in [-0.1, -0.05) is 0 Å². The standard InChI is InChI=1S/C10H22N2/c1-9-8-11(5)6-7-12(9)10(2,3)4/h9H,6-8H2,1-5H3/t9-/m0/s1/i5D3. The quantitative estimate of drug-likeness (QED) is 0.546. The molecular weight excluding hydrogens is 148 g/mol. The topological polar surface area (TPSA) is 6.48 Å². The minimum absolute atomic E-state index is 0.125. The highest BCUT2D eigenvalue weighted by atomic mass is 15.3. The molecular formula is C10H22N2. The van der Waals surface area contributed by atoms with Gasteiger partial charge in [0, 0.05) is 35.3 Å². The number of nitrogens with zero attached hydrogens (tertiary/aromatic N) is 2. The van der Waals surface area contributed by atoms with Crippen molar-refractivity contribution in [3.63, 3.8) is 0 Å². The van der Waals surface area contributed by atoms with Gasteiger partial charge in [0.25, 0.3) is 0 Å². The third-order valence-electron chi connectivity index (χ3n) is 2.49. The van der Waals surface area contributed by atoms with Gasteiger partial charge in [-0.25, -0.2) is 0 Å². The highest BCUT2D eigenvalue weighted by Crippen LogP contribution is 2.19. The lowest BCUT2D eigenvalue weighted by Crippen LogP contribution is -2.57. The van der Waals surface area contributed by atoms with Crippen molar-refractivity contribution >= 4 is 0 Å². The molecule has 12 heavy (non-hydrogen) atoms. The molecule has 72 valence electrons. The zero-order valence-corrected chi connectivity index (χ0v) is 8.59. The zero-order valence-electron chi connectivity index (χ0n) is 11.6. The average molecular weight is 173 g/mol. The molecule has 0 aromatic rings. The smallest absolute Gasteiger partial charge is 0.0394 e. The predicted molar refractivity (Wildman–Crippen MR) is 53.4 cm³/mol. The SMILES string of the molecule is [2H]C([2H])([2H])N1CCN(C(C)(C)C)[C@@H](C)C1. The van der Waals surface area contributed by atoms with Crippen LogP contribution in [0.5, 0.6) is 0 Å². The van der Waals surface area contributed by atoms with Gasteiger partial charge in [0.05, 0.1) is 0 Å². The van der Waals surface area contributed by atoms with Gasteiger partial charge in [-0.05, 0) is 34.7 Å². The van der Waals surface area contributed by atoms with Crippen LogP contribution in [0.15, 0.2) is 0 Å². The number of hydrogen-bond donors (Lipinski definition) is 0. The third-order valence-corrected chi connectivity index (χ3v) is 2.49. The molecule has 1 rings (SSSR count). The first-order valence-corrected chi connectivity index (χ1v) is 4.64. The van der Waals surface area contributed by atoms with E-state index in [-0.39, 0.29) is 5.54 Å². The molecule has 0 bridgehead atoms. The zero-order chi connectivity index (χ0) is 11.9. The van der Waals surface area contributed by atoms with Crippen LogP contribution in [-0.2, 0) is 0 Å². The number of piperazine rings is 1. The lowest BCUT2D eigenvalue weighted by Gasteiger charge is -2.45. The Balaban J connectivity index is 2.64. The summed E-state index contributed by atoms with van der Waals surface area (Å²) in [6, 6.07) is 0.305. The molecule has 1 saturated heterocycles. The van der Waals surface area contributed by atoms with Crippen LogP contribution in [0.25, 0.3) is 0 Å². The summed E-state index contributed by atoms with van der Waals surface area (Å²) >= 11 is 0. The second-order valence-corrected chi connectivity index (χ2v) is 4.66. The second kappa shape index (κ2) is 3.35. The summed E-state index contributed by atoms with van der Waals surface area (Å²) in [5.74, 6) is 0. The number of hydrogen-bond acceptors (Lipinski definition) is 2. The molecule has 1 fully saturated rings. The van der Waals surface area contributed by atoms with Crippen molar-refractivity contribution in [2.24, 2.45) is 0 Å². The van der Waals surface area contributed by atoms with E-state index in [4.69, 9.17) is 4.11 Å². The summed E-state index contributed by atoms with van der Waals surface area (Å²) < 4.78 is 22.1. The van der Waals surface area contributed by atoms with Crippen LogP contribution in [-0.4, -0.2) is 48.0 Å². The van der Waals surface area contributed by atoms with Crippen LogP contribution in [0.4, 0.5) is 0 Å². The molecule has 0 amide bonds. The Hall–Kier alpha value is -0.0800. The molecule has 0 saturated carbocycles. The number of likely N-dealkylation sites (N-methyl/N-ethyl adjacent to an activating group) is 1. The molecule has 0 spiro atoms. The summed E-state index contributed by atoms with van der Waals surface area (Å²) in [5, 5.41) is 0. The van der Waals surface area contributed by atoms with Gasteiger partial charge in [0.2, 0.25) is 0 Å². The third kappa shape index (κ3) is 2.20. The van der Waals surface area contributed by atoms with Crippen molar-refractivity contribution in [2.45, 2.75) is 39.3 Å². The van der Waals surface area contributed by atoms with Crippen molar-refractivity contribution in [2.75, 3.05) is 26.6 Å². The van der Waals surface area contributed by atoms with E-state index < -0.39 is 6.98 Å². The van der Waals surface area contributed by atoms with E-state index in [1.807, 2.05) is 0 Å². The van der Waals surface area contributed by atoms with Crippen molar-refractivity contribution in [3.8, 4) is 0 Å². The highest BCUT2D eigenvalue weighted by molar-refractivity contribution is 4.86. The van der Waals surface area contributed by atoms with Crippen molar-refractivity contribution < 1.29 is 4.11 Å². The second-order valence-electron chi connectivity index (χ2n) is 4.66. The first kappa shape index (κ1) is 6.39. The Morgan fingerprint density at radius 3 is 2.42 bits per heavy atom. The van der Waals surface area contributed by atoms with Crippen LogP contribution in [0.1, 0.15) is 31.8 Å². The molecule has 0 aromatic heterocycles. The van der Waals surface area contributed by atoms with Gasteiger partial charge in [0.15, 0.2) is 0 Å². The molecule has 1 aliphatic rings. The van der Waals surface area contributed by atoms with Crippen molar-refractivity contribution in [3.05, 3.63) is 0 Å². The van der Waals surface area contributed by atoms with E-state index in [1.54, 1.807) is 4.90 Å². The first-order valence-electron chi connectivity index (χ1n) is 6.14. The Morgan fingerprint density at radius 1 is 1.33 bits per heavy atom. The van der Waals surface area contributed by atoms with E-state index in [0.29, 0.717) is 19.1 Å². The van der Waals surface area contributed by atoms with Crippen LogP contribution in [0.2, 0.25) is 0 Å². The molecule has 0 aromatic carbocycles.